The van der Waals surface area contributed by atoms with Crippen LogP contribution >= 0.6 is 0 Å². The zero-order valence-corrected chi connectivity index (χ0v) is 12.2. The zero-order chi connectivity index (χ0) is 14.4. The summed E-state index contributed by atoms with van der Waals surface area (Å²) in [4.78, 5) is 0. The van der Waals surface area contributed by atoms with Crippen LogP contribution in [0.4, 0.5) is 0 Å². The van der Waals surface area contributed by atoms with Gasteiger partial charge in [-0.3, -0.25) is 5.32 Å². The minimum absolute atomic E-state index is 0.103. The molecule has 108 valence electrons. The predicted molar refractivity (Wildman–Crippen MR) is 77.4 cm³/mol. The first kappa shape index (κ1) is 14.8. The molecule has 4 nitrogen and oxygen atoms in total. The van der Waals surface area contributed by atoms with Gasteiger partial charge in [0.15, 0.2) is 0 Å². The summed E-state index contributed by atoms with van der Waals surface area (Å²) in [5, 5.41) is 12.7. The quantitative estimate of drug-likeness (QED) is 0.866. The molecule has 0 amide bonds. The van der Waals surface area contributed by atoms with Gasteiger partial charge in [0.1, 0.15) is 17.4 Å². The molecule has 4 heteroatoms. The lowest BCUT2D eigenvalue weighted by molar-refractivity contribution is 0.182. The summed E-state index contributed by atoms with van der Waals surface area (Å²) < 4.78 is 11.1. The summed E-state index contributed by atoms with van der Waals surface area (Å²) in [6, 6.07) is 10.4. The molecule has 0 bridgehead atoms. The average Bonchev–Trinajstić information content (AvgIpc) is 2.84. The fraction of sp³-hybridized carbons (Fsp3) is 0.562. The number of nitrogens with one attached hydrogen (secondary N) is 1. The molecule has 1 saturated carbocycles. The predicted octanol–water partition coefficient (Wildman–Crippen LogP) is 2.64. The molecule has 20 heavy (non-hydrogen) atoms. The monoisotopic (exact) mass is 274 g/mol. The lowest BCUT2D eigenvalue weighted by atomic mass is 10.00. The Kier molecular flexibility index (Phi) is 4.99. The van der Waals surface area contributed by atoms with Crippen LogP contribution in [0.25, 0.3) is 0 Å². The third-order valence-corrected chi connectivity index (χ3v) is 3.71. The summed E-state index contributed by atoms with van der Waals surface area (Å²) >= 11 is 0. The van der Waals surface area contributed by atoms with E-state index in [2.05, 4.69) is 11.4 Å². The maximum atomic E-state index is 9.36. The molecule has 1 fully saturated rings. The van der Waals surface area contributed by atoms with Crippen LogP contribution in [0.5, 0.6) is 5.75 Å². The van der Waals surface area contributed by atoms with Crippen molar-refractivity contribution in [1.29, 1.82) is 5.26 Å². The number of nitriles is 1. The standard InChI is InChI=1S/C16H22N2O2/c1-3-18-16(12-17)8-7-15(10-16)20-14-6-4-5-13(9-14)11-19-2/h4-6,9,15,18H,3,7-8,10-11H2,1-2H3. The van der Waals surface area contributed by atoms with Crippen molar-refractivity contribution in [2.75, 3.05) is 13.7 Å². The summed E-state index contributed by atoms with van der Waals surface area (Å²) in [7, 11) is 1.68. The minimum atomic E-state index is -0.413. The van der Waals surface area contributed by atoms with Crippen LogP contribution < -0.4 is 10.1 Å². The van der Waals surface area contributed by atoms with Crippen molar-refractivity contribution in [3.05, 3.63) is 29.8 Å². The van der Waals surface area contributed by atoms with Gasteiger partial charge in [-0.1, -0.05) is 19.1 Å². The highest BCUT2D eigenvalue weighted by Gasteiger charge is 2.39. The Hall–Kier alpha value is -1.57. The van der Waals surface area contributed by atoms with Crippen molar-refractivity contribution in [1.82, 2.24) is 5.32 Å². The molecule has 1 N–H and O–H groups in total. The first-order valence-corrected chi connectivity index (χ1v) is 7.12. The Morgan fingerprint density at radius 2 is 2.35 bits per heavy atom. The molecule has 0 saturated heterocycles. The molecule has 1 aliphatic carbocycles. The minimum Gasteiger partial charge on any atom is -0.490 e. The second-order valence-electron chi connectivity index (χ2n) is 5.29. The molecule has 1 aromatic rings. The number of nitrogens with zero attached hydrogens (tertiary/aromatic N) is 1. The van der Waals surface area contributed by atoms with E-state index in [1.807, 2.05) is 31.2 Å². The maximum absolute atomic E-state index is 9.36. The summed E-state index contributed by atoms with van der Waals surface area (Å²) in [6.45, 7) is 3.42. The number of methoxy groups -OCH3 is 1. The van der Waals surface area contributed by atoms with E-state index in [0.717, 1.165) is 37.1 Å². The van der Waals surface area contributed by atoms with Gasteiger partial charge in [0.25, 0.3) is 0 Å². The van der Waals surface area contributed by atoms with Gasteiger partial charge in [-0.15, -0.1) is 0 Å². The number of hydrogen-bond acceptors (Lipinski definition) is 4. The fourth-order valence-corrected chi connectivity index (χ4v) is 2.81. The number of ether oxygens (including phenoxy) is 2. The van der Waals surface area contributed by atoms with Gasteiger partial charge in [0.2, 0.25) is 0 Å². The second kappa shape index (κ2) is 6.74. The van der Waals surface area contributed by atoms with Crippen LogP contribution in [0.3, 0.4) is 0 Å². The highest BCUT2D eigenvalue weighted by molar-refractivity contribution is 5.28. The Balaban J connectivity index is 1.98. The van der Waals surface area contributed by atoms with E-state index in [0.29, 0.717) is 6.61 Å². The molecule has 2 rings (SSSR count). The van der Waals surface area contributed by atoms with E-state index >= 15 is 0 Å². The molecule has 2 atom stereocenters. The van der Waals surface area contributed by atoms with Crippen LogP contribution in [-0.2, 0) is 11.3 Å². The Morgan fingerprint density at radius 1 is 1.50 bits per heavy atom. The van der Waals surface area contributed by atoms with Gasteiger partial charge < -0.3 is 9.47 Å². The smallest absolute Gasteiger partial charge is 0.120 e. The van der Waals surface area contributed by atoms with Crippen LogP contribution in [0, 0.1) is 11.3 Å². The Labute approximate surface area is 120 Å². The van der Waals surface area contributed by atoms with E-state index in [1.165, 1.54) is 0 Å². The Morgan fingerprint density at radius 3 is 3.05 bits per heavy atom. The van der Waals surface area contributed by atoms with Crippen molar-refractivity contribution in [2.45, 2.75) is 44.4 Å². The summed E-state index contributed by atoms with van der Waals surface area (Å²) in [5.41, 5.74) is 0.685. The van der Waals surface area contributed by atoms with E-state index in [9.17, 15) is 5.26 Å². The lowest BCUT2D eigenvalue weighted by Crippen LogP contribution is -2.42. The first-order valence-electron chi connectivity index (χ1n) is 7.12. The molecule has 0 radical (unpaired) electrons. The van der Waals surface area contributed by atoms with Crippen LogP contribution in [0.2, 0.25) is 0 Å². The number of benzene rings is 1. The van der Waals surface area contributed by atoms with Crippen molar-refractivity contribution >= 4 is 0 Å². The Bertz CT molecular complexity index is 484. The summed E-state index contributed by atoms with van der Waals surface area (Å²) in [5.74, 6) is 0.856. The third-order valence-electron chi connectivity index (χ3n) is 3.71. The topological polar surface area (TPSA) is 54.3 Å². The van der Waals surface area contributed by atoms with Crippen molar-refractivity contribution in [3.8, 4) is 11.8 Å². The number of hydrogen-bond donors (Lipinski definition) is 1. The normalized spacial score (nSPS) is 25.4. The van der Waals surface area contributed by atoms with E-state index < -0.39 is 5.54 Å². The summed E-state index contributed by atoms with van der Waals surface area (Å²) in [6.07, 6.45) is 2.60. The molecule has 0 spiro atoms. The first-order chi connectivity index (χ1) is 9.71. The molecule has 0 heterocycles. The molecule has 1 aromatic carbocycles. The van der Waals surface area contributed by atoms with Crippen LogP contribution in [-0.4, -0.2) is 25.3 Å². The van der Waals surface area contributed by atoms with Gasteiger partial charge in [0.05, 0.1) is 12.7 Å². The lowest BCUT2D eigenvalue weighted by Gasteiger charge is -2.22. The maximum Gasteiger partial charge on any atom is 0.120 e. The van der Waals surface area contributed by atoms with Crippen molar-refractivity contribution < 1.29 is 9.47 Å². The molecule has 1 aliphatic rings. The fourth-order valence-electron chi connectivity index (χ4n) is 2.81. The number of rotatable bonds is 6. The largest absolute Gasteiger partial charge is 0.490 e. The van der Waals surface area contributed by atoms with Crippen molar-refractivity contribution in [2.24, 2.45) is 0 Å². The van der Waals surface area contributed by atoms with Crippen LogP contribution in [0.15, 0.2) is 24.3 Å². The van der Waals surface area contributed by atoms with Crippen molar-refractivity contribution in [3.63, 3.8) is 0 Å². The van der Waals surface area contributed by atoms with Gasteiger partial charge in [-0.2, -0.15) is 5.26 Å². The highest BCUT2D eigenvalue weighted by Crippen LogP contribution is 2.32. The highest BCUT2D eigenvalue weighted by atomic mass is 16.5. The van der Waals surface area contributed by atoms with Gasteiger partial charge in [-0.05, 0) is 37.1 Å². The van der Waals surface area contributed by atoms with Crippen LogP contribution in [0.1, 0.15) is 31.7 Å². The molecule has 2 unspecified atom stereocenters. The zero-order valence-electron chi connectivity index (χ0n) is 12.2. The average molecular weight is 274 g/mol. The van der Waals surface area contributed by atoms with Gasteiger partial charge in [-0.25, -0.2) is 0 Å². The molecular formula is C16H22N2O2. The molecular weight excluding hydrogens is 252 g/mol. The van der Waals surface area contributed by atoms with E-state index in [4.69, 9.17) is 9.47 Å². The molecule has 0 aliphatic heterocycles. The SMILES string of the molecule is CCNC1(C#N)CCC(Oc2cccc(COC)c2)C1. The van der Waals surface area contributed by atoms with E-state index in [1.54, 1.807) is 7.11 Å². The third kappa shape index (κ3) is 3.50. The van der Waals surface area contributed by atoms with E-state index in [-0.39, 0.29) is 6.10 Å². The molecule has 0 aromatic heterocycles. The van der Waals surface area contributed by atoms with Gasteiger partial charge >= 0.3 is 0 Å². The van der Waals surface area contributed by atoms with Gasteiger partial charge in [0, 0.05) is 13.5 Å². The second-order valence-corrected chi connectivity index (χ2v) is 5.29.